The number of rotatable bonds is 3. The van der Waals surface area contributed by atoms with E-state index in [2.05, 4.69) is 10.1 Å². The summed E-state index contributed by atoms with van der Waals surface area (Å²) < 4.78 is 5.38. The lowest BCUT2D eigenvalue weighted by Crippen LogP contribution is -2.20. The van der Waals surface area contributed by atoms with Gasteiger partial charge in [-0.3, -0.25) is 0 Å². The van der Waals surface area contributed by atoms with Crippen molar-refractivity contribution in [3.8, 4) is 0 Å². The Bertz CT molecular complexity index is 369. The molecule has 1 unspecified atom stereocenters. The largest absolute Gasteiger partial charge is 0.339 e. The van der Waals surface area contributed by atoms with Crippen LogP contribution in [0.3, 0.4) is 0 Å². The average Bonchev–Trinajstić information content (AvgIpc) is 3.00. The maximum Gasteiger partial charge on any atom is 0.234 e. The average molecular weight is 239 g/mol. The SMILES string of the molecule is NCC1(c2nc(C3CCCCS3)no2)CC1. The Morgan fingerprint density at radius 3 is 2.94 bits per heavy atom. The Morgan fingerprint density at radius 1 is 1.44 bits per heavy atom. The van der Waals surface area contributed by atoms with E-state index in [0.29, 0.717) is 11.8 Å². The first-order valence-electron chi connectivity index (χ1n) is 6.00. The lowest BCUT2D eigenvalue weighted by Gasteiger charge is -2.17. The number of nitrogens with two attached hydrogens (primary N) is 1. The van der Waals surface area contributed by atoms with Crippen molar-refractivity contribution < 1.29 is 4.52 Å². The van der Waals surface area contributed by atoms with Crippen LogP contribution in [0, 0.1) is 0 Å². The summed E-state index contributed by atoms with van der Waals surface area (Å²) in [6.45, 7) is 0.631. The third-order valence-electron chi connectivity index (χ3n) is 3.61. The van der Waals surface area contributed by atoms with Crippen LogP contribution in [0.15, 0.2) is 4.52 Å². The van der Waals surface area contributed by atoms with Crippen LogP contribution in [0.1, 0.15) is 49.1 Å². The first-order chi connectivity index (χ1) is 7.84. The predicted octanol–water partition coefficient (Wildman–Crippen LogP) is 2.02. The molecule has 0 bridgehead atoms. The summed E-state index contributed by atoms with van der Waals surface area (Å²) in [5.41, 5.74) is 5.79. The quantitative estimate of drug-likeness (QED) is 0.874. The van der Waals surface area contributed by atoms with Gasteiger partial charge >= 0.3 is 0 Å². The zero-order valence-electron chi connectivity index (χ0n) is 9.32. The molecule has 1 aromatic heterocycles. The van der Waals surface area contributed by atoms with Crippen molar-refractivity contribution >= 4 is 11.8 Å². The lowest BCUT2D eigenvalue weighted by atomic mass is 10.1. The second-order valence-corrected chi connectivity index (χ2v) is 6.11. The first-order valence-corrected chi connectivity index (χ1v) is 7.05. The fourth-order valence-electron chi connectivity index (χ4n) is 2.18. The minimum absolute atomic E-state index is 0.0323. The van der Waals surface area contributed by atoms with Crippen LogP contribution >= 0.6 is 11.8 Å². The Labute approximate surface area is 99.4 Å². The van der Waals surface area contributed by atoms with Gasteiger partial charge in [0.25, 0.3) is 0 Å². The minimum Gasteiger partial charge on any atom is -0.339 e. The van der Waals surface area contributed by atoms with Gasteiger partial charge in [-0.1, -0.05) is 11.6 Å². The molecule has 0 aromatic carbocycles. The summed E-state index contributed by atoms with van der Waals surface area (Å²) >= 11 is 1.95. The normalized spacial score (nSPS) is 27.9. The van der Waals surface area contributed by atoms with Gasteiger partial charge in [-0.2, -0.15) is 16.7 Å². The molecule has 2 heterocycles. The third-order valence-corrected chi connectivity index (χ3v) is 4.98. The first kappa shape index (κ1) is 10.6. The van der Waals surface area contributed by atoms with Gasteiger partial charge in [-0.15, -0.1) is 0 Å². The van der Waals surface area contributed by atoms with E-state index in [-0.39, 0.29) is 5.41 Å². The van der Waals surface area contributed by atoms with E-state index >= 15 is 0 Å². The summed E-state index contributed by atoms with van der Waals surface area (Å²) in [6.07, 6.45) is 5.98. The molecule has 1 aromatic rings. The van der Waals surface area contributed by atoms with Crippen LogP contribution in [-0.2, 0) is 5.41 Å². The number of aromatic nitrogens is 2. The highest BCUT2D eigenvalue weighted by molar-refractivity contribution is 7.99. The molecule has 2 fully saturated rings. The topological polar surface area (TPSA) is 64.9 Å². The minimum atomic E-state index is 0.0323. The molecule has 3 rings (SSSR count). The van der Waals surface area contributed by atoms with Crippen molar-refractivity contribution in [3.63, 3.8) is 0 Å². The number of nitrogens with zero attached hydrogens (tertiary/aromatic N) is 2. The summed E-state index contributed by atoms with van der Waals surface area (Å²) in [6, 6.07) is 0. The number of hydrogen-bond donors (Lipinski definition) is 1. The fourth-order valence-corrected chi connectivity index (χ4v) is 3.42. The molecule has 1 saturated carbocycles. The van der Waals surface area contributed by atoms with Gasteiger partial charge in [0.1, 0.15) is 0 Å². The van der Waals surface area contributed by atoms with Crippen molar-refractivity contribution in [2.24, 2.45) is 5.73 Å². The van der Waals surface area contributed by atoms with Crippen LogP contribution in [0.4, 0.5) is 0 Å². The molecule has 2 aliphatic rings. The standard InChI is InChI=1S/C11H17N3OS/c12-7-11(4-5-11)10-13-9(14-15-10)8-3-1-2-6-16-8/h8H,1-7,12H2. The van der Waals surface area contributed by atoms with Gasteiger partial charge in [0, 0.05) is 6.54 Å². The Kier molecular flexibility index (Phi) is 2.67. The molecular formula is C11H17N3OS. The van der Waals surface area contributed by atoms with Gasteiger partial charge in [-0.25, -0.2) is 0 Å². The molecular weight excluding hydrogens is 222 g/mol. The van der Waals surface area contributed by atoms with E-state index < -0.39 is 0 Å². The zero-order chi connectivity index (χ0) is 11.0. The van der Waals surface area contributed by atoms with Crippen LogP contribution in [0.2, 0.25) is 0 Å². The molecule has 0 amide bonds. The van der Waals surface area contributed by atoms with Crippen LogP contribution in [-0.4, -0.2) is 22.4 Å². The second kappa shape index (κ2) is 4.04. The molecule has 88 valence electrons. The van der Waals surface area contributed by atoms with Crippen LogP contribution in [0.25, 0.3) is 0 Å². The molecule has 1 aliphatic carbocycles. The van der Waals surface area contributed by atoms with E-state index in [1.165, 1.54) is 25.0 Å². The highest BCUT2D eigenvalue weighted by atomic mass is 32.2. The van der Waals surface area contributed by atoms with Gasteiger partial charge in [0.15, 0.2) is 5.82 Å². The Hall–Kier alpha value is -0.550. The molecule has 16 heavy (non-hydrogen) atoms. The van der Waals surface area contributed by atoms with Crippen LogP contribution < -0.4 is 5.73 Å². The van der Waals surface area contributed by atoms with Crippen molar-refractivity contribution in [2.75, 3.05) is 12.3 Å². The maximum atomic E-state index is 5.76. The maximum absolute atomic E-state index is 5.76. The predicted molar refractivity (Wildman–Crippen MR) is 63.3 cm³/mol. The van der Waals surface area contributed by atoms with Gasteiger partial charge in [0.05, 0.1) is 10.7 Å². The monoisotopic (exact) mass is 239 g/mol. The summed E-state index contributed by atoms with van der Waals surface area (Å²) in [4.78, 5) is 4.56. The molecule has 1 atom stereocenters. The molecule has 1 saturated heterocycles. The highest BCUT2D eigenvalue weighted by Crippen LogP contribution is 2.47. The van der Waals surface area contributed by atoms with E-state index in [1.807, 2.05) is 11.8 Å². The van der Waals surface area contributed by atoms with Crippen LogP contribution in [0.5, 0.6) is 0 Å². The van der Waals surface area contributed by atoms with Crippen molar-refractivity contribution in [3.05, 3.63) is 11.7 Å². The third kappa shape index (κ3) is 1.76. The van der Waals surface area contributed by atoms with E-state index in [4.69, 9.17) is 10.3 Å². The van der Waals surface area contributed by atoms with Gasteiger partial charge in [0.2, 0.25) is 5.89 Å². The van der Waals surface area contributed by atoms with E-state index in [9.17, 15) is 0 Å². The molecule has 2 N–H and O–H groups in total. The van der Waals surface area contributed by atoms with Gasteiger partial charge < -0.3 is 10.3 Å². The summed E-state index contributed by atoms with van der Waals surface area (Å²) in [5.74, 6) is 2.88. The second-order valence-electron chi connectivity index (χ2n) is 4.80. The van der Waals surface area contributed by atoms with E-state index in [1.54, 1.807) is 0 Å². The van der Waals surface area contributed by atoms with Crippen molar-refractivity contribution in [2.45, 2.75) is 42.8 Å². The molecule has 5 heteroatoms. The van der Waals surface area contributed by atoms with Crippen molar-refractivity contribution in [1.29, 1.82) is 0 Å². The summed E-state index contributed by atoms with van der Waals surface area (Å²) in [7, 11) is 0. The molecule has 0 radical (unpaired) electrons. The molecule has 4 nitrogen and oxygen atoms in total. The Balaban J connectivity index is 1.77. The Morgan fingerprint density at radius 2 is 2.31 bits per heavy atom. The van der Waals surface area contributed by atoms with E-state index in [0.717, 1.165) is 24.6 Å². The van der Waals surface area contributed by atoms with Crippen molar-refractivity contribution in [1.82, 2.24) is 10.1 Å². The lowest BCUT2D eigenvalue weighted by molar-refractivity contribution is 0.342. The molecule has 0 spiro atoms. The highest BCUT2D eigenvalue weighted by Gasteiger charge is 2.48. The zero-order valence-corrected chi connectivity index (χ0v) is 10.1. The number of thioether (sulfide) groups is 1. The fraction of sp³-hybridized carbons (Fsp3) is 0.818. The van der Waals surface area contributed by atoms with Gasteiger partial charge in [-0.05, 0) is 31.4 Å². The number of hydrogen-bond acceptors (Lipinski definition) is 5. The smallest absolute Gasteiger partial charge is 0.234 e. The molecule has 1 aliphatic heterocycles. The summed E-state index contributed by atoms with van der Waals surface area (Å²) in [5, 5.41) is 4.58.